The molecule has 2 aromatic heterocycles. The molecule has 0 atom stereocenters. The number of aliphatic hydroxyl groups is 2. The number of aliphatic hydroxyl groups excluding tert-OH is 1. The van der Waals surface area contributed by atoms with Crippen molar-refractivity contribution in [3.05, 3.63) is 52.7 Å². The highest BCUT2D eigenvalue weighted by Crippen LogP contribution is 2.20. The van der Waals surface area contributed by atoms with Gasteiger partial charge in [-0.3, -0.25) is 9.36 Å². The second-order valence-corrected chi connectivity index (χ2v) is 6.77. The molecule has 3 heterocycles. The molecular formula is C18H21N5O3. The van der Waals surface area contributed by atoms with Crippen LogP contribution in [-0.2, 0) is 13.2 Å². The predicted octanol–water partition coefficient (Wildman–Crippen LogP) is 0.189. The molecule has 3 aromatic rings. The monoisotopic (exact) mass is 355 g/mol. The highest BCUT2D eigenvalue weighted by Gasteiger charge is 2.30. The Kier molecular flexibility index (Phi) is 4.31. The van der Waals surface area contributed by atoms with Crippen LogP contribution in [0, 0.1) is 0 Å². The molecule has 4 rings (SSSR count). The fourth-order valence-corrected chi connectivity index (χ4v) is 3.40. The van der Waals surface area contributed by atoms with Crippen LogP contribution in [0.15, 0.2) is 41.6 Å². The number of aromatic nitrogens is 4. The zero-order valence-corrected chi connectivity index (χ0v) is 14.3. The standard InChI is InChI=1S/C18H21N5O3/c24-10-13-2-1-3-14(8-13)23-16-15(9-21-23)17(25)22(12-20-16)11-18(26)4-6-19-7-5-18/h1-3,8-9,12,19,24,26H,4-7,10-11H2. The highest BCUT2D eigenvalue weighted by atomic mass is 16.3. The third-order valence-electron chi connectivity index (χ3n) is 4.89. The van der Waals surface area contributed by atoms with Gasteiger partial charge in [-0.05, 0) is 43.6 Å². The summed E-state index contributed by atoms with van der Waals surface area (Å²) < 4.78 is 3.04. The molecule has 0 amide bonds. The van der Waals surface area contributed by atoms with E-state index in [-0.39, 0.29) is 18.7 Å². The van der Waals surface area contributed by atoms with Crippen LogP contribution in [0.25, 0.3) is 16.7 Å². The van der Waals surface area contributed by atoms with Gasteiger partial charge >= 0.3 is 0 Å². The van der Waals surface area contributed by atoms with Crippen molar-refractivity contribution in [2.75, 3.05) is 13.1 Å². The van der Waals surface area contributed by atoms with Gasteiger partial charge in [0.2, 0.25) is 0 Å². The van der Waals surface area contributed by atoms with Crippen LogP contribution < -0.4 is 10.9 Å². The molecule has 3 N–H and O–H groups in total. The average Bonchev–Trinajstić information content (AvgIpc) is 3.09. The quantitative estimate of drug-likeness (QED) is 0.617. The number of piperidine rings is 1. The van der Waals surface area contributed by atoms with Crippen molar-refractivity contribution in [1.29, 1.82) is 0 Å². The average molecular weight is 355 g/mol. The number of hydrogen-bond acceptors (Lipinski definition) is 6. The number of hydrogen-bond donors (Lipinski definition) is 3. The maximum atomic E-state index is 12.8. The van der Waals surface area contributed by atoms with Gasteiger partial charge in [-0.25, -0.2) is 9.67 Å². The highest BCUT2D eigenvalue weighted by molar-refractivity contribution is 5.74. The van der Waals surface area contributed by atoms with E-state index < -0.39 is 5.60 Å². The first kappa shape index (κ1) is 16.9. The lowest BCUT2D eigenvalue weighted by Gasteiger charge is -2.32. The topological polar surface area (TPSA) is 105 Å². The van der Waals surface area contributed by atoms with Gasteiger partial charge in [0.05, 0.1) is 30.6 Å². The third-order valence-corrected chi connectivity index (χ3v) is 4.89. The molecule has 0 unspecified atom stereocenters. The molecule has 1 aliphatic rings. The number of benzene rings is 1. The van der Waals surface area contributed by atoms with E-state index in [9.17, 15) is 15.0 Å². The Hall–Kier alpha value is -2.55. The van der Waals surface area contributed by atoms with Gasteiger partial charge in [-0.2, -0.15) is 5.10 Å². The van der Waals surface area contributed by atoms with Gasteiger partial charge in [0.1, 0.15) is 11.7 Å². The molecule has 26 heavy (non-hydrogen) atoms. The molecule has 0 aliphatic carbocycles. The first-order valence-electron chi connectivity index (χ1n) is 8.66. The van der Waals surface area contributed by atoms with Crippen molar-refractivity contribution < 1.29 is 10.2 Å². The van der Waals surface area contributed by atoms with Crippen LogP contribution in [-0.4, -0.2) is 48.2 Å². The van der Waals surface area contributed by atoms with Crippen molar-refractivity contribution in [2.45, 2.75) is 31.6 Å². The summed E-state index contributed by atoms with van der Waals surface area (Å²) in [6, 6.07) is 7.28. The Labute approximate surface area is 149 Å². The van der Waals surface area contributed by atoms with Crippen LogP contribution in [0.3, 0.4) is 0 Å². The summed E-state index contributed by atoms with van der Waals surface area (Å²) in [5.41, 5.74) is 0.835. The second kappa shape index (κ2) is 6.64. The minimum Gasteiger partial charge on any atom is -0.392 e. The van der Waals surface area contributed by atoms with E-state index in [0.717, 1.165) is 24.3 Å². The summed E-state index contributed by atoms with van der Waals surface area (Å²) in [6.07, 6.45) is 4.17. The van der Waals surface area contributed by atoms with Crippen molar-refractivity contribution in [3.8, 4) is 5.69 Å². The fraction of sp³-hybridized carbons (Fsp3) is 0.389. The van der Waals surface area contributed by atoms with E-state index in [1.807, 2.05) is 18.2 Å². The molecule has 8 heteroatoms. The fourth-order valence-electron chi connectivity index (χ4n) is 3.40. The Balaban J connectivity index is 1.72. The number of nitrogens with zero attached hydrogens (tertiary/aromatic N) is 4. The second-order valence-electron chi connectivity index (χ2n) is 6.77. The third kappa shape index (κ3) is 3.03. The first-order valence-corrected chi connectivity index (χ1v) is 8.66. The smallest absolute Gasteiger partial charge is 0.264 e. The Bertz CT molecular complexity index is 988. The van der Waals surface area contributed by atoms with Gasteiger partial charge in [-0.1, -0.05) is 12.1 Å². The Morgan fingerprint density at radius 3 is 2.85 bits per heavy atom. The van der Waals surface area contributed by atoms with Gasteiger partial charge in [-0.15, -0.1) is 0 Å². The number of rotatable bonds is 4. The normalized spacial score (nSPS) is 16.8. The van der Waals surface area contributed by atoms with Crippen molar-refractivity contribution in [3.63, 3.8) is 0 Å². The van der Waals surface area contributed by atoms with E-state index in [0.29, 0.717) is 23.9 Å². The summed E-state index contributed by atoms with van der Waals surface area (Å²) in [4.78, 5) is 17.2. The molecule has 1 saturated heterocycles. The summed E-state index contributed by atoms with van der Waals surface area (Å²) in [5, 5.41) is 27.9. The summed E-state index contributed by atoms with van der Waals surface area (Å²) in [6.45, 7) is 1.63. The molecule has 8 nitrogen and oxygen atoms in total. The van der Waals surface area contributed by atoms with Crippen LogP contribution in [0.2, 0.25) is 0 Å². The van der Waals surface area contributed by atoms with Crippen LogP contribution in [0.4, 0.5) is 0 Å². The lowest BCUT2D eigenvalue weighted by atomic mass is 9.92. The van der Waals surface area contributed by atoms with Gasteiger partial charge in [0.25, 0.3) is 5.56 Å². The molecular weight excluding hydrogens is 334 g/mol. The van der Waals surface area contributed by atoms with Crippen molar-refractivity contribution in [1.82, 2.24) is 24.6 Å². The zero-order valence-electron chi connectivity index (χ0n) is 14.3. The van der Waals surface area contributed by atoms with E-state index >= 15 is 0 Å². The summed E-state index contributed by atoms with van der Waals surface area (Å²) >= 11 is 0. The summed E-state index contributed by atoms with van der Waals surface area (Å²) in [5.74, 6) is 0. The largest absolute Gasteiger partial charge is 0.392 e. The first-order chi connectivity index (χ1) is 12.6. The number of fused-ring (bicyclic) bond motifs is 1. The van der Waals surface area contributed by atoms with Gasteiger partial charge in [0, 0.05) is 0 Å². The molecule has 1 aliphatic heterocycles. The molecule has 136 valence electrons. The lowest BCUT2D eigenvalue weighted by Crippen LogP contribution is -2.46. The van der Waals surface area contributed by atoms with E-state index in [4.69, 9.17) is 0 Å². The molecule has 0 radical (unpaired) electrons. The van der Waals surface area contributed by atoms with E-state index in [2.05, 4.69) is 15.4 Å². The van der Waals surface area contributed by atoms with Gasteiger partial charge in [0.15, 0.2) is 5.65 Å². The zero-order chi connectivity index (χ0) is 18.1. The predicted molar refractivity (Wildman–Crippen MR) is 96.1 cm³/mol. The van der Waals surface area contributed by atoms with Crippen molar-refractivity contribution in [2.24, 2.45) is 0 Å². The number of nitrogens with one attached hydrogen (secondary N) is 1. The Morgan fingerprint density at radius 1 is 1.27 bits per heavy atom. The Morgan fingerprint density at radius 2 is 2.08 bits per heavy atom. The SMILES string of the molecule is O=c1c2cnn(-c3cccc(CO)c3)c2ncn1CC1(O)CCNCC1. The molecule has 0 saturated carbocycles. The maximum Gasteiger partial charge on any atom is 0.264 e. The van der Waals surface area contributed by atoms with E-state index in [1.165, 1.54) is 17.1 Å². The minimum atomic E-state index is -0.893. The van der Waals surface area contributed by atoms with Crippen LogP contribution in [0.1, 0.15) is 18.4 Å². The minimum absolute atomic E-state index is 0.0687. The van der Waals surface area contributed by atoms with E-state index in [1.54, 1.807) is 10.7 Å². The lowest BCUT2D eigenvalue weighted by molar-refractivity contribution is -0.00627. The maximum absolute atomic E-state index is 12.8. The summed E-state index contributed by atoms with van der Waals surface area (Å²) in [7, 11) is 0. The molecule has 1 fully saturated rings. The van der Waals surface area contributed by atoms with Crippen LogP contribution >= 0.6 is 0 Å². The van der Waals surface area contributed by atoms with Crippen LogP contribution in [0.5, 0.6) is 0 Å². The van der Waals surface area contributed by atoms with Crippen molar-refractivity contribution >= 4 is 11.0 Å². The molecule has 1 aromatic carbocycles. The molecule has 0 spiro atoms. The van der Waals surface area contributed by atoms with Gasteiger partial charge < -0.3 is 15.5 Å². The molecule has 0 bridgehead atoms.